The number of nitrogens with one attached hydrogen (secondary N) is 2. The lowest BCUT2D eigenvalue weighted by Crippen LogP contribution is -2.26. The molecular weight excluding hydrogens is 438 g/mol. The van der Waals surface area contributed by atoms with Crippen molar-refractivity contribution in [1.29, 1.82) is 0 Å². The van der Waals surface area contributed by atoms with Crippen LogP contribution in [0.25, 0.3) is 11.2 Å². The lowest BCUT2D eigenvalue weighted by Gasteiger charge is -2.24. The van der Waals surface area contributed by atoms with Crippen LogP contribution in [0.5, 0.6) is 0 Å². The van der Waals surface area contributed by atoms with Crippen LogP contribution in [-0.4, -0.2) is 47.1 Å². The molecule has 35 heavy (non-hydrogen) atoms. The molecule has 0 spiro atoms. The average molecular weight is 480 g/mol. The number of pyridine rings is 1. The summed E-state index contributed by atoms with van der Waals surface area (Å²) in [7, 11) is 1.63. The second-order valence-corrected chi connectivity index (χ2v) is 8.92. The summed E-state index contributed by atoms with van der Waals surface area (Å²) in [6.07, 6.45) is 8.06. The maximum Gasteiger partial charge on any atom is 0.251 e. The van der Waals surface area contributed by atoms with Crippen LogP contribution in [0.2, 0.25) is 0 Å². The van der Waals surface area contributed by atoms with E-state index in [9.17, 15) is 4.79 Å². The third kappa shape index (κ3) is 7.18. The summed E-state index contributed by atoms with van der Waals surface area (Å²) in [5, 5.41) is 6.06. The van der Waals surface area contributed by atoms with Crippen molar-refractivity contribution in [2.75, 3.05) is 36.9 Å². The van der Waals surface area contributed by atoms with Crippen LogP contribution in [0, 0.1) is 0 Å². The van der Waals surface area contributed by atoms with Crippen molar-refractivity contribution in [1.82, 2.24) is 19.9 Å². The van der Waals surface area contributed by atoms with Crippen molar-refractivity contribution < 1.29 is 4.79 Å². The molecule has 2 aromatic heterocycles. The van der Waals surface area contributed by atoms with Gasteiger partial charge in [-0.15, -0.1) is 0 Å². The van der Waals surface area contributed by atoms with Gasteiger partial charge < -0.3 is 21.3 Å². The Morgan fingerprint density at radius 1 is 0.943 bits per heavy atom. The third-order valence-corrected chi connectivity index (χ3v) is 6.18. The van der Waals surface area contributed by atoms with Gasteiger partial charge in [0.1, 0.15) is 11.3 Å². The largest absolute Gasteiger partial charge is 0.357 e. The molecule has 3 rings (SSSR count). The summed E-state index contributed by atoms with van der Waals surface area (Å²) >= 11 is 0. The maximum absolute atomic E-state index is 11.9. The first-order valence-corrected chi connectivity index (χ1v) is 13.0. The van der Waals surface area contributed by atoms with E-state index in [1.54, 1.807) is 19.2 Å². The Morgan fingerprint density at radius 2 is 1.63 bits per heavy atom. The van der Waals surface area contributed by atoms with Crippen LogP contribution < -0.4 is 21.3 Å². The predicted octanol–water partition coefficient (Wildman–Crippen LogP) is 5.07. The lowest BCUT2D eigenvalue weighted by molar-refractivity contribution is 0.0963. The molecule has 2 heterocycles. The van der Waals surface area contributed by atoms with Crippen LogP contribution in [0.1, 0.15) is 69.2 Å². The Morgan fingerprint density at radius 3 is 2.23 bits per heavy atom. The minimum atomic E-state index is -0.106. The molecule has 0 radical (unpaired) electrons. The van der Waals surface area contributed by atoms with Gasteiger partial charge in [-0.25, -0.2) is 9.97 Å². The standard InChI is InChI=1S/C27H41N7O/c1-4-6-8-18-33(19-9-7-5-2)24-16-15-23-25(32-24)34(20-10-17-28)27(31-23)30-22-13-11-21(12-14-22)26(35)29-3/h11-16H,4-10,17-20,28H2,1-3H3,(H,29,35)(H,30,31). The van der Waals surface area contributed by atoms with Crippen molar-refractivity contribution in [2.24, 2.45) is 5.73 Å². The Bertz CT molecular complexity index is 1050. The van der Waals surface area contributed by atoms with Gasteiger partial charge in [-0.2, -0.15) is 0 Å². The number of nitrogens with zero attached hydrogens (tertiary/aromatic N) is 4. The van der Waals surface area contributed by atoms with Crippen molar-refractivity contribution in [3.8, 4) is 0 Å². The first-order chi connectivity index (χ1) is 17.1. The lowest BCUT2D eigenvalue weighted by atomic mass is 10.2. The summed E-state index contributed by atoms with van der Waals surface area (Å²) in [5.74, 6) is 1.64. The van der Waals surface area contributed by atoms with Crippen LogP contribution >= 0.6 is 0 Å². The van der Waals surface area contributed by atoms with E-state index in [1.807, 2.05) is 12.1 Å². The zero-order valence-corrected chi connectivity index (χ0v) is 21.5. The van der Waals surface area contributed by atoms with E-state index in [1.165, 1.54) is 38.5 Å². The van der Waals surface area contributed by atoms with Gasteiger partial charge in [-0.1, -0.05) is 39.5 Å². The van der Waals surface area contributed by atoms with Crippen LogP contribution in [0.3, 0.4) is 0 Å². The molecule has 0 aliphatic carbocycles. The molecule has 3 aromatic rings. The van der Waals surface area contributed by atoms with Crippen LogP contribution in [-0.2, 0) is 6.54 Å². The van der Waals surface area contributed by atoms with Gasteiger partial charge in [0.05, 0.1) is 0 Å². The quantitative estimate of drug-likeness (QED) is 0.263. The second-order valence-electron chi connectivity index (χ2n) is 8.92. The number of amides is 1. The van der Waals surface area contributed by atoms with Crippen LogP contribution in [0.4, 0.5) is 17.5 Å². The fourth-order valence-electron chi connectivity index (χ4n) is 4.15. The van der Waals surface area contributed by atoms with Crippen molar-refractivity contribution in [2.45, 2.75) is 65.3 Å². The van der Waals surface area contributed by atoms with E-state index in [-0.39, 0.29) is 5.91 Å². The van der Waals surface area contributed by atoms with E-state index in [0.29, 0.717) is 12.1 Å². The number of fused-ring (bicyclic) bond motifs is 1. The molecule has 8 heteroatoms. The Kier molecular flexibility index (Phi) is 10.3. The number of hydrogen-bond donors (Lipinski definition) is 3. The smallest absolute Gasteiger partial charge is 0.251 e. The zero-order chi connectivity index (χ0) is 25.0. The summed E-state index contributed by atoms with van der Waals surface area (Å²) in [4.78, 5) is 24.2. The SMILES string of the molecule is CCCCCN(CCCCC)c1ccc2nc(Nc3ccc(C(=O)NC)cc3)n(CCCN)c2n1. The van der Waals surface area contributed by atoms with Crippen molar-refractivity contribution >= 4 is 34.5 Å². The Balaban J connectivity index is 1.90. The van der Waals surface area contributed by atoms with Gasteiger partial charge >= 0.3 is 0 Å². The molecular formula is C27H41N7O. The van der Waals surface area contributed by atoms with E-state index < -0.39 is 0 Å². The minimum absolute atomic E-state index is 0.106. The molecule has 0 bridgehead atoms. The van der Waals surface area contributed by atoms with Crippen LogP contribution in [0.15, 0.2) is 36.4 Å². The molecule has 0 fully saturated rings. The average Bonchev–Trinajstić information content (AvgIpc) is 3.22. The fraction of sp³-hybridized carbons (Fsp3) is 0.519. The molecule has 0 unspecified atom stereocenters. The highest BCUT2D eigenvalue weighted by atomic mass is 16.1. The number of aromatic nitrogens is 3. The fourth-order valence-corrected chi connectivity index (χ4v) is 4.15. The molecule has 1 amide bonds. The molecule has 0 saturated heterocycles. The van der Waals surface area contributed by atoms with E-state index >= 15 is 0 Å². The van der Waals surface area contributed by atoms with Gasteiger partial charge in [0.15, 0.2) is 5.65 Å². The molecule has 190 valence electrons. The van der Waals surface area contributed by atoms with E-state index in [4.69, 9.17) is 15.7 Å². The minimum Gasteiger partial charge on any atom is -0.357 e. The van der Waals surface area contributed by atoms with Gasteiger partial charge in [0.25, 0.3) is 5.91 Å². The molecule has 4 N–H and O–H groups in total. The summed E-state index contributed by atoms with van der Waals surface area (Å²) in [6, 6.07) is 11.5. The zero-order valence-electron chi connectivity index (χ0n) is 21.5. The van der Waals surface area contributed by atoms with Gasteiger partial charge in [-0.05, 0) is 62.2 Å². The number of imidazole rings is 1. The highest BCUT2D eigenvalue weighted by Gasteiger charge is 2.16. The van der Waals surface area contributed by atoms with Crippen molar-refractivity contribution in [3.05, 3.63) is 42.0 Å². The Hall–Kier alpha value is -3.13. The van der Waals surface area contributed by atoms with E-state index in [0.717, 1.165) is 54.7 Å². The topological polar surface area (TPSA) is 101 Å². The summed E-state index contributed by atoms with van der Waals surface area (Å²) in [6.45, 7) is 7.85. The first kappa shape index (κ1) is 26.5. The number of hydrogen-bond acceptors (Lipinski definition) is 6. The number of rotatable bonds is 15. The number of unbranched alkanes of at least 4 members (excludes halogenated alkanes) is 4. The van der Waals surface area contributed by atoms with Crippen molar-refractivity contribution in [3.63, 3.8) is 0 Å². The number of aryl methyl sites for hydroxylation is 1. The normalized spacial score (nSPS) is 11.1. The Labute approximate surface area is 209 Å². The molecule has 0 aliphatic rings. The third-order valence-electron chi connectivity index (χ3n) is 6.18. The number of carbonyl (C=O) groups is 1. The number of benzene rings is 1. The highest BCUT2D eigenvalue weighted by Crippen LogP contribution is 2.25. The maximum atomic E-state index is 11.9. The molecule has 0 atom stereocenters. The molecule has 8 nitrogen and oxygen atoms in total. The molecule has 0 aliphatic heterocycles. The second kappa shape index (κ2) is 13.7. The molecule has 0 saturated carbocycles. The van der Waals surface area contributed by atoms with Gasteiger partial charge in [0.2, 0.25) is 5.95 Å². The van der Waals surface area contributed by atoms with Gasteiger partial charge in [-0.3, -0.25) is 9.36 Å². The summed E-state index contributed by atoms with van der Waals surface area (Å²) < 4.78 is 2.12. The summed E-state index contributed by atoms with van der Waals surface area (Å²) in [5.41, 5.74) is 9.06. The highest BCUT2D eigenvalue weighted by molar-refractivity contribution is 5.94. The number of anilines is 3. The molecule has 1 aromatic carbocycles. The van der Waals surface area contributed by atoms with E-state index in [2.05, 4.69) is 46.1 Å². The van der Waals surface area contributed by atoms with Gasteiger partial charge in [0, 0.05) is 37.9 Å². The number of carbonyl (C=O) groups excluding carboxylic acids is 1. The first-order valence-electron chi connectivity index (χ1n) is 13.0. The number of nitrogens with two attached hydrogens (primary N) is 1. The monoisotopic (exact) mass is 479 g/mol. The predicted molar refractivity (Wildman–Crippen MR) is 146 cm³/mol.